The van der Waals surface area contributed by atoms with E-state index in [1.165, 1.54) is 30.5 Å². The zero-order valence-corrected chi connectivity index (χ0v) is 8.27. The molecule has 82 valence electrons. The van der Waals surface area contributed by atoms with Gasteiger partial charge in [0.05, 0.1) is 0 Å². The molecule has 0 amide bonds. The molecule has 0 unspecified atom stereocenters. The Bertz CT molecular complexity index is 500. The fourth-order valence-electron chi connectivity index (χ4n) is 1.44. The summed E-state index contributed by atoms with van der Waals surface area (Å²) in [6.07, 6.45) is -1.02. The Morgan fingerprint density at radius 3 is 2.62 bits per heavy atom. The van der Waals surface area contributed by atoms with Gasteiger partial charge in [-0.3, -0.25) is 4.98 Å². The third-order valence-corrected chi connectivity index (χ3v) is 2.20. The second kappa shape index (κ2) is 4.26. The summed E-state index contributed by atoms with van der Waals surface area (Å²) >= 11 is 0. The van der Waals surface area contributed by atoms with Crippen LogP contribution in [-0.2, 0) is 0 Å². The standard InChI is InChI=1S/C12H9F2NO/c13-12(14)9-4-1-3-8(7-9)11-10(16)5-2-6-15-11/h1-7,12,16H. The first kappa shape index (κ1) is 10.5. The topological polar surface area (TPSA) is 33.1 Å². The highest BCUT2D eigenvalue weighted by atomic mass is 19.3. The first-order chi connectivity index (χ1) is 7.68. The SMILES string of the molecule is Oc1cccnc1-c1cccc(C(F)F)c1. The molecule has 1 heterocycles. The van der Waals surface area contributed by atoms with Crippen molar-refractivity contribution in [3.63, 3.8) is 0 Å². The van der Waals surface area contributed by atoms with Crippen molar-refractivity contribution in [2.24, 2.45) is 0 Å². The molecular formula is C12H9F2NO. The number of halogens is 2. The van der Waals surface area contributed by atoms with Crippen LogP contribution in [0, 0.1) is 0 Å². The van der Waals surface area contributed by atoms with Crippen LogP contribution in [0.4, 0.5) is 8.78 Å². The fourth-order valence-corrected chi connectivity index (χ4v) is 1.44. The quantitative estimate of drug-likeness (QED) is 0.843. The summed E-state index contributed by atoms with van der Waals surface area (Å²) < 4.78 is 25.0. The van der Waals surface area contributed by atoms with Gasteiger partial charge in [0, 0.05) is 17.3 Å². The predicted octanol–water partition coefficient (Wildman–Crippen LogP) is 3.39. The molecule has 2 rings (SSSR count). The number of aromatic nitrogens is 1. The molecule has 1 aromatic carbocycles. The van der Waals surface area contributed by atoms with Crippen LogP contribution in [-0.4, -0.2) is 10.1 Å². The van der Waals surface area contributed by atoms with Gasteiger partial charge in [-0.2, -0.15) is 0 Å². The van der Waals surface area contributed by atoms with Gasteiger partial charge in [-0.25, -0.2) is 8.78 Å². The van der Waals surface area contributed by atoms with Crippen LogP contribution in [0.5, 0.6) is 5.75 Å². The first-order valence-corrected chi connectivity index (χ1v) is 4.71. The molecule has 0 aliphatic rings. The molecule has 0 atom stereocenters. The molecular weight excluding hydrogens is 212 g/mol. The van der Waals surface area contributed by atoms with Gasteiger partial charge >= 0.3 is 0 Å². The average Bonchev–Trinajstić information content (AvgIpc) is 2.30. The molecule has 2 aromatic rings. The van der Waals surface area contributed by atoms with Gasteiger partial charge in [-0.15, -0.1) is 0 Å². The maximum absolute atomic E-state index is 12.5. The van der Waals surface area contributed by atoms with Gasteiger partial charge in [0.15, 0.2) is 0 Å². The molecule has 0 saturated carbocycles. The summed E-state index contributed by atoms with van der Waals surface area (Å²) in [6, 6.07) is 8.87. The maximum Gasteiger partial charge on any atom is 0.263 e. The van der Waals surface area contributed by atoms with Gasteiger partial charge in [-0.05, 0) is 18.2 Å². The number of hydrogen-bond acceptors (Lipinski definition) is 2. The minimum absolute atomic E-state index is 0.0195. The first-order valence-electron chi connectivity index (χ1n) is 4.71. The molecule has 4 heteroatoms. The lowest BCUT2D eigenvalue weighted by Gasteiger charge is -2.05. The number of alkyl halides is 2. The number of benzene rings is 1. The lowest BCUT2D eigenvalue weighted by Crippen LogP contribution is -1.87. The van der Waals surface area contributed by atoms with Crippen LogP contribution < -0.4 is 0 Å². The largest absolute Gasteiger partial charge is 0.506 e. The van der Waals surface area contributed by atoms with E-state index < -0.39 is 6.43 Å². The van der Waals surface area contributed by atoms with Crippen LogP contribution in [0.1, 0.15) is 12.0 Å². The summed E-state index contributed by atoms with van der Waals surface area (Å²) in [6.45, 7) is 0. The van der Waals surface area contributed by atoms with Crippen LogP contribution in [0.25, 0.3) is 11.3 Å². The molecule has 1 N–H and O–H groups in total. The Labute approximate surface area is 91.2 Å². The number of nitrogens with zero attached hydrogens (tertiary/aromatic N) is 1. The van der Waals surface area contributed by atoms with E-state index in [0.717, 1.165) is 0 Å². The van der Waals surface area contributed by atoms with Crippen molar-refractivity contribution in [1.29, 1.82) is 0 Å². The van der Waals surface area contributed by atoms with E-state index in [-0.39, 0.29) is 11.3 Å². The summed E-state index contributed by atoms with van der Waals surface area (Å²) in [5, 5.41) is 9.54. The van der Waals surface area contributed by atoms with Gasteiger partial charge in [0.2, 0.25) is 0 Å². The minimum atomic E-state index is -2.52. The minimum Gasteiger partial charge on any atom is -0.506 e. The third kappa shape index (κ3) is 2.00. The molecule has 0 radical (unpaired) electrons. The Kier molecular flexibility index (Phi) is 2.81. The van der Waals surface area contributed by atoms with Crippen molar-refractivity contribution in [1.82, 2.24) is 4.98 Å². The summed E-state index contributed by atoms with van der Waals surface area (Å²) in [5.74, 6) is -0.0195. The molecule has 1 aromatic heterocycles. The zero-order chi connectivity index (χ0) is 11.5. The average molecular weight is 221 g/mol. The van der Waals surface area contributed by atoms with Gasteiger partial charge in [-0.1, -0.05) is 18.2 Å². The van der Waals surface area contributed by atoms with E-state index in [2.05, 4.69) is 4.98 Å². The van der Waals surface area contributed by atoms with Crippen LogP contribution >= 0.6 is 0 Å². The molecule has 0 saturated heterocycles. The molecule has 0 spiro atoms. The number of pyridine rings is 1. The van der Waals surface area contributed by atoms with E-state index in [9.17, 15) is 13.9 Å². The van der Waals surface area contributed by atoms with Crippen molar-refractivity contribution >= 4 is 0 Å². The van der Waals surface area contributed by atoms with E-state index in [1.807, 2.05) is 0 Å². The fraction of sp³-hybridized carbons (Fsp3) is 0.0833. The monoisotopic (exact) mass is 221 g/mol. The Balaban J connectivity index is 2.49. The van der Waals surface area contributed by atoms with Crippen LogP contribution in [0.2, 0.25) is 0 Å². The zero-order valence-electron chi connectivity index (χ0n) is 8.27. The third-order valence-electron chi connectivity index (χ3n) is 2.20. The molecule has 0 fully saturated rings. The maximum atomic E-state index is 12.5. The van der Waals surface area contributed by atoms with E-state index in [4.69, 9.17) is 0 Å². The summed E-state index contributed by atoms with van der Waals surface area (Å²) in [7, 11) is 0. The summed E-state index contributed by atoms with van der Waals surface area (Å²) in [4.78, 5) is 3.95. The van der Waals surface area contributed by atoms with Crippen LogP contribution in [0.15, 0.2) is 42.6 Å². The van der Waals surface area contributed by atoms with Crippen molar-refractivity contribution in [3.05, 3.63) is 48.2 Å². The Morgan fingerprint density at radius 2 is 1.94 bits per heavy atom. The van der Waals surface area contributed by atoms with E-state index >= 15 is 0 Å². The van der Waals surface area contributed by atoms with E-state index in [1.54, 1.807) is 12.1 Å². The highest BCUT2D eigenvalue weighted by Crippen LogP contribution is 2.29. The Morgan fingerprint density at radius 1 is 1.12 bits per heavy atom. The van der Waals surface area contributed by atoms with Crippen molar-refractivity contribution in [2.75, 3.05) is 0 Å². The van der Waals surface area contributed by atoms with Gasteiger partial charge in [0.25, 0.3) is 6.43 Å². The highest BCUT2D eigenvalue weighted by Gasteiger charge is 2.10. The van der Waals surface area contributed by atoms with Gasteiger partial charge in [0.1, 0.15) is 11.4 Å². The lowest BCUT2D eigenvalue weighted by atomic mass is 10.1. The smallest absolute Gasteiger partial charge is 0.263 e. The summed E-state index contributed by atoms with van der Waals surface area (Å²) in [5.41, 5.74) is 0.712. The molecule has 2 nitrogen and oxygen atoms in total. The van der Waals surface area contributed by atoms with Crippen molar-refractivity contribution in [2.45, 2.75) is 6.43 Å². The second-order valence-corrected chi connectivity index (χ2v) is 3.30. The van der Waals surface area contributed by atoms with Crippen molar-refractivity contribution < 1.29 is 13.9 Å². The molecule has 0 aliphatic heterocycles. The highest BCUT2D eigenvalue weighted by molar-refractivity contribution is 5.66. The Hall–Kier alpha value is -1.97. The molecule has 0 aliphatic carbocycles. The van der Waals surface area contributed by atoms with Crippen molar-refractivity contribution in [3.8, 4) is 17.0 Å². The number of hydrogen-bond donors (Lipinski definition) is 1. The van der Waals surface area contributed by atoms with Gasteiger partial charge < -0.3 is 5.11 Å². The molecule has 0 bridgehead atoms. The number of aromatic hydroxyl groups is 1. The number of rotatable bonds is 2. The second-order valence-electron chi connectivity index (χ2n) is 3.30. The van der Waals surface area contributed by atoms with E-state index in [0.29, 0.717) is 11.3 Å². The molecule has 16 heavy (non-hydrogen) atoms. The normalized spacial score (nSPS) is 10.7. The lowest BCUT2D eigenvalue weighted by molar-refractivity contribution is 0.151. The van der Waals surface area contributed by atoms with Crippen LogP contribution in [0.3, 0.4) is 0 Å². The predicted molar refractivity (Wildman–Crippen MR) is 56.3 cm³/mol.